The molecule has 0 aliphatic carbocycles. The van der Waals surface area contributed by atoms with Crippen LogP contribution >= 0.6 is 0 Å². The zero-order chi connectivity index (χ0) is 11.5. The van der Waals surface area contributed by atoms with E-state index in [-0.39, 0.29) is 5.56 Å². The SMILES string of the molecule is COC(=O)c1[c]cc(OC(F)(F)F)cc1. The molecule has 1 rings (SSSR count). The molecule has 0 saturated carbocycles. The van der Waals surface area contributed by atoms with Crippen molar-refractivity contribution in [2.24, 2.45) is 0 Å². The fourth-order valence-electron chi connectivity index (χ4n) is 0.845. The van der Waals surface area contributed by atoms with Crippen molar-refractivity contribution in [2.75, 3.05) is 7.11 Å². The molecule has 0 aliphatic heterocycles. The smallest absolute Gasteiger partial charge is 0.465 e. The highest BCUT2D eigenvalue weighted by atomic mass is 19.4. The molecule has 0 aliphatic rings. The number of hydrogen-bond donors (Lipinski definition) is 0. The van der Waals surface area contributed by atoms with Gasteiger partial charge in [-0.05, 0) is 18.2 Å². The quantitative estimate of drug-likeness (QED) is 0.715. The first-order valence-corrected chi connectivity index (χ1v) is 3.78. The minimum absolute atomic E-state index is 0.0343. The summed E-state index contributed by atoms with van der Waals surface area (Å²) in [6, 6.07) is 5.37. The maximum absolute atomic E-state index is 11.7. The number of carbonyl (C=O) groups excluding carboxylic acids is 1. The van der Waals surface area contributed by atoms with Crippen LogP contribution in [0.15, 0.2) is 18.2 Å². The molecule has 0 spiro atoms. The van der Waals surface area contributed by atoms with Crippen LogP contribution in [0.1, 0.15) is 10.4 Å². The second-order valence-electron chi connectivity index (χ2n) is 2.48. The molecule has 1 aromatic carbocycles. The van der Waals surface area contributed by atoms with Crippen LogP contribution < -0.4 is 4.74 Å². The van der Waals surface area contributed by atoms with Gasteiger partial charge in [0.1, 0.15) is 5.75 Å². The van der Waals surface area contributed by atoms with E-state index in [1.165, 1.54) is 0 Å². The van der Waals surface area contributed by atoms with Gasteiger partial charge in [-0.2, -0.15) is 0 Å². The maximum Gasteiger partial charge on any atom is 0.573 e. The number of halogens is 3. The Morgan fingerprint density at radius 2 is 2.07 bits per heavy atom. The topological polar surface area (TPSA) is 35.5 Å². The Morgan fingerprint density at radius 1 is 1.40 bits per heavy atom. The Bertz CT molecular complexity index is 343. The predicted molar refractivity (Wildman–Crippen MR) is 43.3 cm³/mol. The third kappa shape index (κ3) is 3.49. The molecule has 0 aromatic heterocycles. The molecule has 81 valence electrons. The van der Waals surface area contributed by atoms with Crippen molar-refractivity contribution in [3.05, 3.63) is 29.8 Å². The number of ether oxygens (including phenoxy) is 2. The summed E-state index contributed by atoms with van der Waals surface area (Å²) in [6.45, 7) is 0. The van der Waals surface area contributed by atoms with E-state index in [4.69, 9.17) is 0 Å². The summed E-state index contributed by atoms with van der Waals surface area (Å²) >= 11 is 0. The van der Waals surface area contributed by atoms with Gasteiger partial charge in [-0.1, -0.05) is 0 Å². The molecule has 0 bridgehead atoms. The van der Waals surface area contributed by atoms with Crippen molar-refractivity contribution in [3.8, 4) is 5.75 Å². The molecule has 15 heavy (non-hydrogen) atoms. The van der Waals surface area contributed by atoms with Crippen LogP contribution in [0.3, 0.4) is 0 Å². The highest BCUT2D eigenvalue weighted by Crippen LogP contribution is 2.22. The van der Waals surface area contributed by atoms with Crippen LogP contribution in [-0.2, 0) is 4.74 Å². The maximum atomic E-state index is 11.7. The molecular weight excluding hydrogens is 213 g/mol. The molecule has 0 N–H and O–H groups in total. The average Bonchev–Trinajstić information content (AvgIpc) is 2.15. The second kappa shape index (κ2) is 4.20. The van der Waals surface area contributed by atoms with Gasteiger partial charge >= 0.3 is 12.3 Å². The number of benzene rings is 1. The molecule has 1 radical (unpaired) electrons. The molecule has 3 nitrogen and oxygen atoms in total. The van der Waals surface area contributed by atoms with Gasteiger partial charge in [-0.25, -0.2) is 4.79 Å². The lowest BCUT2D eigenvalue weighted by atomic mass is 10.2. The lowest BCUT2D eigenvalue weighted by Crippen LogP contribution is -2.17. The Morgan fingerprint density at radius 3 is 2.47 bits per heavy atom. The molecule has 0 unspecified atom stereocenters. The van der Waals surface area contributed by atoms with Gasteiger partial charge < -0.3 is 9.47 Å². The molecule has 0 heterocycles. The fourth-order valence-corrected chi connectivity index (χ4v) is 0.845. The summed E-state index contributed by atoms with van der Waals surface area (Å²) < 4.78 is 43.1. The van der Waals surface area contributed by atoms with Crippen molar-refractivity contribution in [1.29, 1.82) is 0 Å². The van der Waals surface area contributed by atoms with Gasteiger partial charge in [0, 0.05) is 6.07 Å². The zero-order valence-electron chi connectivity index (χ0n) is 7.59. The predicted octanol–water partition coefficient (Wildman–Crippen LogP) is 2.17. The number of rotatable bonds is 2. The lowest BCUT2D eigenvalue weighted by Gasteiger charge is -2.08. The Labute approximate surface area is 83.4 Å². The van der Waals surface area contributed by atoms with Crippen molar-refractivity contribution in [3.63, 3.8) is 0 Å². The Kier molecular flexibility index (Phi) is 3.18. The summed E-state index contributed by atoms with van der Waals surface area (Å²) in [6.07, 6.45) is -4.75. The van der Waals surface area contributed by atoms with Crippen molar-refractivity contribution in [1.82, 2.24) is 0 Å². The van der Waals surface area contributed by atoms with E-state index in [0.29, 0.717) is 0 Å². The van der Waals surface area contributed by atoms with Gasteiger partial charge in [-0.15, -0.1) is 13.2 Å². The number of esters is 1. The molecule has 0 saturated heterocycles. The second-order valence-corrected chi connectivity index (χ2v) is 2.48. The highest BCUT2D eigenvalue weighted by molar-refractivity contribution is 5.89. The Balaban J connectivity index is 2.77. The molecular formula is C9H6F3O3. The Hall–Kier alpha value is -1.72. The molecule has 0 fully saturated rings. The van der Waals surface area contributed by atoms with E-state index >= 15 is 0 Å². The zero-order valence-corrected chi connectivity index (χ0v) is 7.59. The van der Waals surface area contributed by atoms with Crippen LogP contribution in [-0.4, -0.2) is 19.4 Å². The van der Waals surface area contributed by atoms with E-state index in [9.17, 15) is 18.0 Å². The summed E-state index contributed by atoms with van der Waals surface area (Å²) in [5, 5.41) is 0. The fraction of sp³-hybridized carbons (Fsp3) is 0.222. The normalized spacial score (nSPS) is 10.9. The molecule has 0 amide bonds. The summed E-state index contributed by atoms with van der Waals surface area (Å²) in [5.41, 5.74) is 0.0343. The monoisotopic (exact) mass is 219 g/mol. The standard InChI is InChI=1S/C9H6F3O3/c1-14-8(13)6-2-4-7(5-3-6)15-9(10,11)12/h2,4-5H,1H3. The average molecular weight is 219 g/mol. The van der Waals surface area contributed by atoms with E-state index in [1.54, 1.807) is 0 Å². The van der Waals surface area contributed by atoms with E-state index < -0.39 is 18.1 Å². The lowest BCUT2D eigenvalue weighted by molar-refractivity contribution is -0.274. The van der Waals surface area contributed by atoms with Crippen LogP contribution in [0.25, 0.3) is 0 Å². The van der Waals surface area contributed by atoms with Gasteiger partial charge in [0.05, 0.1) is 12.7 Å². The third-order valence-electron chi connectivity index (χ3n) is 1.42. The van der Waals surface area contributed by atoms with Crippen molar-refractivity contribution in [2.45, 2.75) is 6.36 Å². The summed E-state index contributed by atoms with van der Waals surface area (Å²) in [4.78, 5) is 10.9. The minimum atomic E-state index is -4.75. The van der Waals surface area contributed by atoms with Gasteiger partial charge in [0.15, 0.2) is 0 Å². The largest absolute Gasteiger partial charge is 0.573 e. The molecule has 6 heteroatoms. The van der Waals surface area contributed by atoms with Crippen LogP contribution in [0.5, 0.6) is 5.75 Å². The van der Waals surface area contributed by atoms with Gasteiger partial charge in [0.25, 0.3) is 0 Å². The van der Waals surface area contributed by atoms with Crippen LogP contribution in [0.2, 0.25) is 0 Å². The van der Waals surface area contributed by atoms with E-state index in [0.717, 1.165) is 25.3 Å². The number of hydrogen-bond acceptors (Lipinski definition) is 3. The van der Waals surface area contributed by atoms with Gasteiger partial charge in [-0.3, -0.25) is 0 Å². The number of alkyl halides is 3. The van der Waals surface area contributed by atoms with Crippen LogP contribution in [0, 0.1) is 6.07 Å². The minimum Gasteiger partial charge on any atom is -0.465 e. The molecule has 1 aromatic rings. The van der Waals surface area contributed by atoms with Crippen LogP contribution in [0.4, 0.5) is 13.2 Å². The summed E-state index contributed by atoms with van der Waals surface area (Å²) in [7, 11) is 1.16. The van der Waals surface area contributed by atoms with Crippen molar-refractivity contribution >= 4 is 5.97 Å². The summed E-state index contributed by atoms with van der Waals surface area (Å²) in [5.74, 6) is -1.11. The number of carbonyl (C=O) groups is 1. The first-order chi connectivity index (χ1) is 6.92. The van der Waals surface area contributed by atoms with E-state index in [2.05, 4.69) is 15.5 Å². The first-order valence-electron chi connectivity index (χ1n) is 3.78. The number of methoxy groups -OCH3 is 1. The first kappa shape index (κ1) is 11.4. The van der Waals surface area contributed by atoms with E-state index in [1.807, 2.05) is 0 Å². The molecule has 0 atom stereocenters. The highest BCUT2D eigenvalue weighted by Gasteiger charge is 2.31. The van der Waals surface area contributed by atoms with Crippen molar-refractivity contribution < 1.29 is 27.4 Å². The van der Waals surface area contributed by atoms with Gasteiger partial charge in [0.2, 0.25) is 0 Å². The third-order valence-corrected chi connectivity index (χ3v) is 1.42.